The molecule has 228 valence electrons. The number of hydrogen-bond acceptors (Lipinski definition) is 7. The van der Waals surface area contributed by atoms with E-state index in [2.05, 4.69) is 29.6 Å². The van der Waals surface area contributed by atoms with Gasteiger partial charge in [-0.25, -0.2) is 4.79 Å². The predicted molar refractivity (Wildman–Crippen MR) is 169 cm³/mol. The lowest BCUT2D eigenvalue weighted by atomic mass is 10.0. The third kappa shape index (κ3) is 9.63. The lowest BCUT2D eigenvalue weighted by Gasteiger charge is -2.19. The maximum absolute atomic E-state index is 13.2. The minimum absolute atomic E-state index is 0.0187. The van der Waals surface area contributed by atoms with Crippen LogP contribution in [0.25, 0.3) is 10.8 Å². The van der Waals surface area contributed by atoms with Gasteiger partial charge in [0.25, 0.3) is 0 Å². The van der Waals surface area contributed by atoms with Crippen molar-refractivity contribution in [3.8, 4) is 11.5 Å². The number of ether oxygens (including phenoxy) is 2. The van der Waals surface area contributed by atoms with Crippen LogP contribution < -0.4 is 10.1 Å². The zero-order valence-electron chi connectivity index (χ0n) is 24.7. The number of esters is 1. The Morgan fingerprint density at radius 1 is 0.791 bits per heavy atom. The molecule has 43 heavy (non-hydrogen) atoms. The van der Waals surface area contributed by atoms with Crippen molar-refractivity contribution >= 4 is 16.7 Å². The molecule has 4 N–H and O–H groups in total. The van der Waals surface area contributed by atoms with Gasteiger partial charge in [0.2, 0.25) is 0 Å². The van der Waals surface area contributed by atoms with Crippen LogP contribution in [0.15, 0.2) is 84.9 Å². The van der Waals surface area contributed by atoms with Crippen LogP contribution >= 0.6 is 0 Å². The number of phenols is 1. The molecule has 7 heteroatoms. The average molecular weight is 586 g/mol. The Balaban J connectivity index is 1.17. The van der Waals surface area contributed by atoms with E-state index in [0.29, 0.717) is 11.1 Å². The van der Waals surface area contributed by atoms with Crippen molar-refractivity contribution in [1.29, 1.82) is 0 Å². The molecule has 0 saturated heterocycles. The number of fused-ring (bicyclic) bond motifs is 1. The fourth-order valence-corrected chi connectivity index (χ4v) is 5.16. The van der Waals surface area contributed by atoms with E-state index in [1.54, 1.807) is 12.1 Å². The van der Waals surface area contributed by atoms with Gasteiger partial charge in [-0.3, -0.25) is 0 Å². The van der Waals surface area contributed by atoms with E-state index in [1.807, 2.05) is 36.4 Å². The highest BCUT2D eigenvalue weighted by Crippen LogP contribution is 2.36. The monoisotopic (exact) mass is 585 g/mol. The lowest BCUT2D eigenvalue weighted by molar-refractivity contribution is 0.0724. The van der Waals surface area contributed by atoms with E-state index >= 15 is 0 Å². The van der Waals surface area contributed by atoms with Crippen LogP contribution in [0.4, 0.5) is 0 Å². The summed E-state index contributed by atoms with van der Waals surface area (Å²) in [5.74, 6) is -0.854. The largest absolute Gasteiger partial charge is 0.507 e. The topological polar surface area (TPSA) is 108 Å². The summed E-state index contributed by atoms with van der Waals surface area (Å²) in [6, 6.07) is 26.3. The van der Waals surface area contributed by atoms with Crippen LogP contribution in [-0.2, 0) is 17.8 Å². The minimum Gasteiger partial charge on any atom is -0.507 e. The summed E-state index contributed by atoms with van der Waals surface area (Å²) in [6.45, 7) is 2.01. The average Bonchev–Trinajstić information content (AvgIpc) is 3.03. The van der Waals surface area contributed by atoms with Crippen LogP contribution in [0, 0.1) is 0 Å². The highest BCUT2D eigenvalue weighted by molar-refractivity contribution is 6.05. The SMILES string of the molecule is O=C(Oc1c(C(O)CNCCCCCCOCCCCc2ccccc2)ccc(O)c1CO)c1cccc2ccccc12. The first kappa shape index (κ1) is 32.2. The molecule has 0 bridgehead atoms. The molecule has 7 nitrogen and oxygen atoms in total. The summed E-state index contributed by atoms with van der Waals surface area (Å²) in [7, 11) is 0. The highest BCUT2D eigenvalue weighted by Gasteiger charge is 2.23. The van der Waals surface area contributed by atoms with Gasteiger partial charge in [-0.15, -0.1) is 0 Å². The molecule has 0 aliphatic rings. The summed E-state index contributed by atoms with van der Waals surface area (Å²) >= 11 is 0. The molecule has 0 amide bonds. The summed E-state index contributed by atoms with van der Waals surface area (Å²) in [5, 5.41) is 36.1. The van der Waals surface area contributed by atoms with Gasteiger partial charge >= 0.3 is 5.97 Å². The van der Waals surface area contributed by atoms with Crippen molar-refractivity contribution in [2.75, 3.05) is 26.3 Å². The second-order valence-corrected chi connectivity index (χ2v) is 10.7. The van der Waals surface area contributed by atoms with Gasteiger partial charge in [-0.05, 0) is 73.2 Å². The Hall–Kier alpha value is -3.75. The number of carbonyl (C=O) groups is 1. The van der Waals surface area contributed by atoms with E-state index in [-0.39, 0.29) is 23.6 Å². The molecule has 4 aromatic carbocycles. The first-order chi connectivity index (χ1) is 21.1. The zero-order chi connectivity index (χ0) is 30.3. The number of benzene rings is 4. The van der Waals surface area contributed by atoms with Crippen molar-refractivity contribution in [2.24, 2.45) is 0 Å². The van der Waals surface area contributed by atoms with Crippen LogP contribution in [0.1, 0.15) is 71.7 Å². The first-order valence-corrected chi connectivity index (χ1v) is 15.2. The van der Waals surface area contributed by atoms with Crippen LogP contribution in [-0.4, -0.2) is 47.6 Å². The molecule has 1 unspecified atom stereocenters. The van der Waals surface area contributed by atoms with E-state index in [4.69, 9.17) is 9.47 Å². The number of aryl methyl sites for hydroxylation is 1. The highest BCUT2D eigenvalue weighted by atomic mass is 16.5. The van der Waals surface area contributed by atoms with Gasteiger partial charge < -0.3 is 30.1 Å². The fourth-order valence-electron chi connectivity index (χ4n) is 5.16. The molecule has 0 aliphatic carbocycles. The van der Waals surface area contributed by atoms with Gasteiger partial charge in [0.05, 0.1) is 23.8 Å². The molecule has 1 atom stereocenters. The van der Waals surface area contributed by atoms with Crippen LogP contribution in [0.2, 0.25) is 0 Å². The molecule has 0 saturated carbocycles. The number of hydrogen-bond donors (Lipinski definition) is 4. The number of aliphatic hydroxyl groups is 2. The molecule has 0 aliphatic heterocycles. The lowest BCUT2D eigenvalue weighted by Crippen LogP contribution is -2.23. The van der Waals surface area contributed by atoms with Gasteiger partial charge in [-0.2, -0.15) is 0 Å². The van der Waals surface area contributed by atoms with Gasteiger partial charge in [0, 0.05) is 25.3 Å². The smallest absolute Gasteiger partial charge is 0.344 e. The molecule has 4 rings (SSSR count). The Bertz CT molecular complexity index is 1420. The number of nitrogens with one attached hydrogen (secondary N) is 1. The Morgan fingerprint density at radius 2 is 1.51 bits per heavy atom. The molecule has 0 fully saturated rings. The Kier molecular flexibility index (Phi) is 13.0. The van der Waals surface area contributed by atoms with Crippen molar-refractivity contribution in [2.45, 2.75) is 57.7 Å². The third-order valence-corrected chi connectivity index (χ3v) is 7.56. The summed E-state index contributed by atoms with van der Waals surface area (Å²) in [5.41, 5.74) is 2.12. The first-order valence-electron chi connectivity index (χ1n) is 15.2. The normalized spacial score (nSPS) is 12.0. The zero-order valence-corrected chi connectivity index (χ0v) is 24.7. The number of rotatable bonds is 18. The van der Waals surface area contributed by atoms with Crippen molar-refractivity contribution in [1.82, 2.24) is 5.32 Å². The van der Waals surface area contributed by atoms with Crippen molar-refractivity contribution < 1.29 is 29.6 Å². The van der Waals surface area contributed by atoms with Crippen LogP contribution in [0.3, 0.4) is 0 Å². The fraction of sp³-hybridized carbons (Fsp3) is 0.361. The number of aromatic hydroxyl groups is 1. The van der Waals surface area contributed by atoms with Gasteiger partial charge in [-0.1, -0.05) is 79.6 Å². The van der Waals surface area contributed by atoms with E-state index in [9.17, 15) is 20.1 Å². The number of carbonyl (C=O) groups excluding carboxylic acids is 1. The number of unbranched alkanes of at least 4 members (excludes halogenated alkanes) is 4. The molecule has 0 aromatic heterocycles. The summed E-state index contributed by atoms with van der Waals surface area (Å²) in [6.07, 6.45) is 6.44. The molecular formula is C36H43NO6. The van der Waals surface area contributed by atoms with Crippen LogP contribution in [0.5, 0.6) is 11.5 Å². The minimum atomic E-state index is -1.00. The van der Waals surface area contributed by atoms with E-state index < -0.39 is 18.7 Å². The molecule has 0 radical (unpaired) electrons. The Labute approximate surface area is 254 Å². The third-order valence-electron chi connectivity index (χ3n) is 7.56. The molecule has 0 heterocycles. The standard InChI is InChI=1S/C36H43NO6/c38-26-32-33(39)21-20-31(35(32)43-36(41)30-19-12-17-28-16-6-7-18-29(28)30)34(40)25-37-22-9-1-2-10-23-42-24-11-8-15-27-13-4-3-5-14-27/h3-7,12-14,16-21,34,37-40H,1-2,8-11,15,22-26H2. The molecule has 4 aromatic rings. The van der Waals surface area contributed by atoms with Gasteiger partial charge in [0.15, 0.2) is 0 Å². The van der Waals surface area contributed by atoms with Crippen molar-refractivity contribution in [3.63, 3.8) is 0 Å². The van der Waals surface area contributed by atoms with E-state index in [0.717, 1.165) is 75.5 Å². The maximum atomic E-state index is 13.2. The van der Waals surface area contributed by atoms with Gasteiger partial charge in [0.1, 0.15) is 11.5 Å². The van der Waals surface area contributed by atoms with Crippen molar-refractivity contribution in [3.05, 3.63) is 107 Å². The summed E-state index contributed by atoms with van der Waals surface area (Å²) in [4.78, 5) is 13.2. The molecular weight excluding hydrogens is 542 g/mol. The Morgan fingerprint density at radius 3 is 2.33 bits per heavy atom. The summed E-state index contributed by atoms with van der Waals surface area (Å²) < 4.78 is 11.5. The maximum Gasteiger partial charge on any atom is 0.344 e. The quantitative estimate of drug-likeness (QED) is 0.0601. The number of aliphatic hydroxyl groups excluding tert-OH is 2. The predicted octanol–water partition coefficient (Wildman–Crippen LogP) is 6.48. The molecule has 0 spiro atoms. The second kappa shape index (κ2) is 17.4. The van der Waals surface area contributed by atoms with E-state index in [1.165, 1.54) is 17.7 Å². The second-order valence-electron chi connectivity index (χ2n) is 10.7.